The van der Waals surface area contributed by atoms with Gasteiger partial charge in [0.2, 0.25) is 11.2 Å². The summed E-state index contributed by atoms with van der Waals surface area (Å²) in [6.07, 6.45) is -9.68. The molecule has 1 N–H and O–H groups in total. The maximum atomic E-state index is 13.7. The van der Waals surface area contributed by atoms with E-state index in [1.54, 1.807) is 19.1 Å². The number of halogens is 6. The average molecular weight is 537 g/mol. The first kappa shape index (κ1) is 26.6. The van der Waals surface area contributed by atoms with Crippen molar-refractivity contribution in [2.24, 2.45) is 0 Å². The van der Waals surface area contributed by atoms with E-state index in [4.69, 9.17) is 13.9 Å². The first-order valence-electron chi connectivity index (χ1n) is 10.8. The van der Waals surface area contributed by atoms with Gasteiger partial charge >= 0.3 is 12.4 Å². The number of aryl methyl sites for hydroxylation is 1. The molecule has 0 radical (unpaired) electrons. The minimum Gasteiger partial charge on any atom is -0.484 e. The van der Waals surface area contributed by atoms with E-state index in [1.165, 1.54) is 24.3 Å². The Morgan fingerprint density at radius 1 is 0.895 bits per heavy atom. The predicted molar refractivity (Wildman–Crippen MR) is 124 cm³/mol. The molecule has 0 atom stereocenters. The monoisotopic (exact) mass is 537 g/mol. The lowest BCUT2D eigenvalue weighted by Crippen LogP contribution is -2.20. The zero-order valence-electron chi connectivity index (χ0n) is 19.4. The van der Waals surface area contributed by atoms with Crippen molar-refractivity contribution < 1.29 is 45.0 Å². The zero-order chi connectivity index (χ0) is 27.7. The molecule has 12 heteroatoms. The first-order valence-corrected chi connectivity index (χ1v) is 10.8. The number of rotatable bonds is 6. The molecule has 0 spiro atoms. The number of alkyl halides is 6. The molecule has 4 rings (SSSR count). The topological polar surface area (TPSA) is 77.8 Å². The summed E-state index contributed by atoms with van der Waals surface area (Å²) < 4.78 is 95.2. The van der Waals surface area contributed by atoms with Crippen molar-refractivity contribution in [1.29, 1.82) is 0 Å². The second kappa shape index (κ2) is 10.1. The number of nitrogens with one attached hydrogen (secondary N) is 1. The molecule has 4 aromatic rings. The third kappa shape index (κ3) is 6.07. The minimum absolute atomic E-state index is 0.00823. The summed E-state index contributed by atoms with van der Waals surface area (Å²) in [5.74, 6) is -3.64. The Hall–Kier alpha value is -4.48. The fourth-order valence-electron chi connectivity index (χ4n) is 3.44. The van der Waals surface area contributed by atoms with Gasteiger partial charge in [0.05, 0.1) is 10.9 Å². The van der Waals surface area contributed by atoms with Crippen LogP contribution in [0.4, 0.5) is 32.0 Å². The third-order valence-electron chi connectivity index (χ3n) is 5.13. The molecule has 6 nitrogen and oxygen atoms in total. The minimum atomic E-state index is -5.08. The van der Waals surface area contributed by atoms with Gasteiger partial charge in [0.25, 0.3) is 11.7 Å². The van der Waals surface area contributed by atoms with Crippen LogP contribution in [-0.4, -0.2) is 12.5 Å². The second-order valence-corrected chi connectivity index (χ2v) is 8.08. The number of hydrogen-bond acceptors (Lipinski definition) is 5. The number of carbonyl (C=O) groups excluding carboxylic acids is 1. The van der Waals surface area contributed by atoms with Gasteiger partial charge in [0, 0.05) is 11.8 Å². The molecule has 198 valence electrons. The van der Waals surface area contributed by atoms with Crippen LogP contribution in [0, 0.1) is 6.92 Å². The summed E-state index contributed by atoms with van der Waals surface area (Å²) in [7, 11) is 0. The van der Waals surface area contributed by atoms with E-state index < -0.39 is 53.0 Å². The van der Waals surface area contributed by atoms with E-state index in [1.807, 2.05) is 0 Å². The number of benzene rings is 3. The Morgan fingerprint density at radius 3 is 2.32 bits per heavy atom. The first-order chi connectivity index (χ1) is 17.8. The lowest BCUT2D eigenvalue weighted by atomic mass is 10.2. The van der Waals surface area contributed by atoms with Crippen molar-refractivity contribution in [3.8, 4) is 17.2 Å². The third-order valence-corrected chi connectivity index (χ3v) is 5.13. The normalized spacial score (nSPS) is 11.9. The molecule has 0 aliphatic carbocycles. The summed E-state index contributed by atoms with van der Waals surface area (Å²) in [5.41, 5.74) is -1.95. The highest BCUT2D eigenvalue weighted by molar-refractivity contribution is 5.92. The van der Waals surface area contributed by atoms with Crippen LogP contribution in [-0.2, 0) is 17.1 Å². The van der Waals surface area contributed by atoms with Crippen LogP contribution < -0.4 is 20.2 Å². The van der Waals surface area contributed by atoms with Crippen LogP contribution in [0.2, 0.25) is 0 Å². The lowest BCUT2D eigenvalue weighted by molar-refractivity contribution is -0.154. The van der Waals surface area contributed by atoms with Gasteiger partial charge in [0.15, 0.2) is 6.61 Å². The van der Waals surface area contributed by atoms with Crippen molar-refractivity contribution in [2.45, 2.75) is 19.3 Å². The Kier molecular flexibility index (Phi) is 7.07. The number of hydrogen-bond donors (Lipinski definition) is 1. The van der Waals surface area contributed by atoms with Gasteiger partial charge in [-0.2, -0.15) is 26.3 Å². The molecular formula is C26H17F6NO5. The maximum absolute atomic E-state index is 13.7. The SMILES string of the molecule is Cc1cccc(Oc2c(C(F)(F)F)oc3cc(OCC(=O)Nc4cccc(C(F)(F)F)c4)ccc3c2=O)c1. The Balaban J connectivity index is 1.57. The lowest BCUT2D eigenvalue weighted by Gasteiger charge is -2.14. The predicted octanol–water partition coefficient (Wildman–Crippen LogP) is 6.95. The molecule has 0 saturated heterocycles. The molecule has 1 heterocycles. The quantitative estimate of drug-likeness (QED) is 0.270. The average Bonchev–Trinajstić information content (AvgIpc) is 2.83. The fraction of sp³-hybridized carbons (Fsp3) is 0.154. The number of amides is 1. The molecule has 0 aliphatic rings. The van der Waals surface area contributed by atoms with E-state index in [0.29, 0.717) is 5.56 Å². The van der Waals surface area contributed by atoms with Crippen molar-refractivity contribution in [2.75, 3.05) is 11.9 Å². The van der Waals surface area contributed by atoms with Gasteiger partial charge in [-0.15, -0.1) is 0 Å². The highest BCUT2D eigenvalue weighted by atomic mass is 19.4. The number of ether oxygens (including phenoxy) is 2. The molecule has 1 amide bonds. The van der Waals surface area contributed by atoms with Gasteiger partial charge in [-0.1, -0.05) is 18.2 Å². The standard InChI is InChI=1S/C26H17F6NO5/c1-14-4-2-7-18(10-14)37-23-22(35)19-9-8-17(12-20(19)38-24(23)26(30,31)32)36-13-21(34)33-16-6-3-5-15(11-16)25(27,28)29/h2-12H,13H2,1H3,(H,33,34). The van der Waals surface area contributed by atoms with Crippen molar-refractivity contribution in [1.82, 2.24) is 0 Å². The number of anilines is 1. The molecule has 0 aliphatic heterocycles. The molecule has 0 fully saturated rings. The highest BCUT2D eigenvalue weighted by Gasteiger charge is 2.40. The summed E-state index contributed by atoms with van der Waals surface area (Å²) in [4.78, 5) is 25.0. The van der Waals surface area contributed by atoms with Gasteiger partial charge in [-0.25, -0.2) is 0 Å². The molecule has 1 aromatic heterocycles. The number of fused-ring (bicyclic) bond motifs is 1. The van der Waals surface area contributed by atoms with E-state index in [-0.39, 0.29) is 22.6 Å². The smallest absolute Gasteiger partial charge is 0.453 e. The van der Waals surface area contributed by atoms with Crippen LogP contribution in [0.1, 0.15) is 16.9 Å². The van der Waals surface area contributed by atoms with Gasteiger partial charge in [0.1, 0.15) is 17.1 Å². The highest BCUT2D eigenvalue weighted by Crippen LogP contribution is 2.39. The van der Waals surface area contributed by atoms with Gasteiger partial charge in [-0.3, -0.25) is 9.59 Å². The van der Waals surface area contributed by atoms with E-state index in [2.05, 4.69) is 5.32 Å². The second-order valence-electron chi connectivity index (χ2n) is 8.08. The van der Waals surface area contributed by atoms with E-state index >= 15 is 0 Å². The van der Waals surface area contributed by atoms with E-state index in [0.717, 1.165) is 30.3 Å². The molecule has 3 aromatic carbocycles. The Morgan fingerprint density at radius 2 is 1.63 bits per heavy atom. The summed E-state index contributed by atoms with van der Waals surface area (Å²) in [5, 5.41) is 2.00. The summed E-state index contributed by atoms with van der Waals surface area (Å²) in [6, 6.07) is 13.4. The molecule has 0 bridgehead atoms. The molecule has 0 unspecified atom stereocenters. The van der Waals surface area contributed by atoms with Crippen LogP contribution in [0.3, 0.4) is 0 Å². The largest absolute Gasteiger partial charge is 0.484 e. The van der Waals surface area contributed by atoms with E-state index in [9.17, 15) is 35.9 Å². The maximum Gasteiger partial charge on any atom is 0.453 e. The van der Waals surface area contributed by atoms with Crippen molar-refractivity contribution in [3.63, 3.8) is 0 Å². The molecular weight excluding hydrogens is 520 g/mol. The molecule has 0 saturated carbocycles. The van der Waals surface area contributed by atoms with Crippen LogP contribution in [0.25, 0.3) is 11.0 Å². The van der Waals surface area contributed by atoms with Gasteiger partial charge < -0.3 is 19.2 Å². The van der Waals surface area contributed by atoms with Crippen molar-refractivity contribution >= 4 is 22.6 Å². The fourth-order valence-corrected chi connectivity index (χ4v) is 3.44. The van der Waals surface area contributed by atoms with Crippen LogP contribution in [0.5, 0.6) is 17.2 Å². The Labute approximate surface area is 210 Å². The van der Waals surface area contributed by atoms with Gasteiger partial charge in [-0.05, 0) is 55.0 Å². The zero-order valence-corrected chi connectivity index (χ0v) is 19.4. The van der Waals surface area contributed by atoms with Crippen molar-refractivity contribution in [3.05, 3.63) is 93.8 Å². The summed E-state index contributed by atoms with van der Waals surface area (Å²) in [6.45, 7) is 1.01. The van der Waals surface area contributed by atoms with Crippen LogP contribution in [0.15, 0.2) is 75.9 Å². The number of carbonyl (C=O) groups is 1. The molecule has 38 heavy (non-hydrogen) atoms. The van der Waals surface area contributed by atoms with Crippen LogP contribution >= 0.6 is 0 Å². The Bertz CT molecular complexity index is 1560. The summed E-state index contributed by atoms with van der Waals surface area (Å²) >= 11 is 0.